The number of hydrogen-bond donors (Lipinski definition) is 1. The summed E-state index contributed by atoms with van der Waals surface area (Å²) in [4.78, 5) is 26.5. The van der Waals surface area contributed by atoms with E-state index in [9.17, 15) is 9.59 Å². The molecular weight excluding hydrogens is 450 g/mol. The molecule has 2 aromatic carbocycles. The molecule has 1 saturated carbocycles. The molecule has 0 heterocycles. The van der Waals surface area contributed by atoms with Crippen LogP contribution >= 0.6 is 23.5 Å². The smallest absolute Gasteiger partial charge is 0.194 e. The lowest BCUT2D eigenvalue weighted by atomic mass is 9.69. The highest BCUT2D eigenvalue weighted by molar-refractivity contribution is 8.14. The van der Waals surface area contributed by atoms with Crippen molar-refractivity contribution < 1.29 is 14.3 Å². The second-order valence-electron chi connectivity index (χ2n) is 8.52. The van der Waals surface area contributed by atoms with Crippen LogP contribution in [0.1, 0.15) is 51.0 Å². The molecule has 0 radical (unpaired) electrons. The number of benzene rings is 2. The Morgan fingerprint density at radius 1 is 0.879 bits per heavy atom. The first-order chi connectivity index (χ1) is 16.1. The van der Waals surface area contributed by atoms with E-state index in [-0.39, 0.29) is 34.0 Å². The molecule has 1 N–H and O–H groups in total. The van der Waals surface area contributed by atoms with Crippen LogP contribution in [0.2, 0.25) is 0 Å². The second-order valence-corrected chi connectivity index (χ2v) is 10.7. The SMILES string of the molecule is CCCSC(=O)C1CC(C(=O)SCCC)C(c2ccccc2)CC1Nc1ccc(OC)cc1. The first kappa shape index (κ1) is 25.7. The van der Waals surface area contributed by atoms with Gasteiger partial charge >= 0.3 is 0 Å². The van der Waals surface area contributed by atoms with E-state index < -0.39 is 0 Å². The van der Waals surface area contributed by atoms with Crippen LogP contribution in [0.15, 0.2) is 54.6 Å². The van der Waals surface area contributed by atoms with Gasteiger partial charge in [-0.25, -0.2) is 0 Å². The van der Waals surface area contributed by atoms with Gasteiger partial charge in [-0.05, 0) is 61.4 Å². The Morgan fingerprint density at radius 2 is 1.48 bits per heavy atom. The molecule has 0 amide bonds. The highest BCUT2D eigenvalue weighted by atomic mass is 32.2. The van der Waals surface area contributed by atoms with Crippen LogP contribution in [0.4, 0.5) is 5.69 Å². The minimum Gasteiger partial charge on any atom is -0.497 e. The van der Waals surface area contributed by atoms with Gasteiger partial charge in [0, 0.05) is 35.1 Å². The number of carbonyl (C=O) groups excluding carboxylic acids is 2. The minimum absolute atomic E-state index is 0.0271. The van der Waals surface area contributed by atoms with Gasteiger partial charge < -0.3 is 10.1 Å². The molecule has 0 spiro atoms. The van der Waals surface area contributed by atoms with Crippen LogP contribution in [-0.4, -0.2) is 34.9 Å². The maximum Gasteiger partial charge on any atom is 0.194 e. The van der Waals surface area contributed by atoms with Crippen molar-refractivity contribution in [2.75, 3.05) is 23.9 Å². The van der Waals surface area contributed by atoms with E-state index in [0.717, 1.165) is 42.2 Å². The Kier molecular flexibility index (Phi) is 10.2. The molecule has 0 aromatic heterocycles. The summed E-state index contributed by atoms with van der Waals surface area (Å²) < 4.78 is 5.29. The Balaban J connectivity index is 1.90. The molecule has 1 aliphatic rings. The molecule has 33 heavy (non-hydrogen) atoms. The Hall–Kier alpha value is -1.92. The quantitative estimate of drug-likeness (QED) is 0.408. The predicted molar refractivity (Wildman–Crippen MR) is 141 cm³/mol. The predicted octanol–water partition coefficient (Wildman–Crippen LogP) is 6.63. The van der Waals surface area contributed by atoms with Crippen molar-refractivity contribution in [1.29, 1.82) is 0 Å². The van der Waals surface area contributed by atoms with Crippen LogP contribution in [0.25, 0.3) is 0 Å². The molecule has 4 nitrogen and oxygen atoms in total. The van der Waals surface area contributed by atoms with Crippen molar-refractivity contribution in [3.8, 4) is 5.75 Å². The van der Waals surface area contributed by atoms with Gasteiger partial charge in [0.05, 0.1) is 7.11 Å². The zero-order valence-corrected chi connectivity index (χ0v) is 21.4. The van der Waals surface area contributed by atoms with Gasteiger partial charge in [-0.3, -0.25) is 9.59 Å². The average Bonchev–Trinajstić information content (AvgIpc) is 2.86. The highest BCUT2D eigenvalue weighted by Gasteiger charge is 2.43. The molecule has 4 unspecified atom stereocenters. The van der Waals surface area contributed by atoms with Crippen molar-refractivity contribution in [1.82, 2.24) is 0 Å². The summed E-state index contributed by atoms with van der Waals surface area (Å²) in [6.45, 7) is 4.19. The van der Waals surface area contributed by atoms with Gasteiger partial charge in [-0.15, -0.1) is 0 Å². The highest BCUT2D eigenvalue weighted by Crippen LogP contribution is 2.45. The summed E-state index contributed by atoms with van der Waals surface area (Å²) in [7, 11) is 1.65. The average molecular weight is 486 g/mol. The first-order valence-corrected chi connectivity index (χ1v) is 13.8. The number of nitrogens with one attached hydrogen (secondary N) is 1. The van der Waals surface area contributed by atoms with Crippen LogP contribution in [0, 0.1) is 11.8 Å². The van der Waals surface area contributed by atoms with E-state index in [4.69, 9.17) is 4.74 Å². The fraction of sp³-hybridized carbons (Fsp3) is 0.481. The van der Waals surface area contributed by atoms with Gasteiger partial charge in [0.2, 0.25) is 0 Å². The van der Waals surface area contributed by atoms with E-state index in [2.05, 4.69) is 31.3 Å². The Bertz CT molecular complexity index is 888. The molecule has 0 bridgehead atoms. The van der Waals surface area contributed by atoms with Crippen molar-refractivity contribution in [3.63, 3.8) is 0 Å². The van der Waals surface area contributed by atoms with Crippen molar-refractivity contribution >= 4 is 39.4 Å². The number of anilines is 1. The molecule has 4 atom stereocenters. The largest absolute Gasteiger partial charge is 0.497 e. The Labute approximate surface area is 206 Å². The second kappa shape index (κ2) is 13.1. The van der Waals surface area contributed by atoms with Gasteiger partial charge in [0.1, 0.15) is 5.75 Å². The third-order valence-electron chi connectivity index (χ3n) is 6.16. The summed E-state index contributed by atoms with van der Waals surface area (Å²) >= 11 is 2.85. The summed E-state index contributed by atoms with van der Waals surface area (Å²) in [6.07, 6.45) is 3.28. The molecule has 1 fully saturated rings. The van der Waals surface area contributed by atoms with Crippen LogP contribution in [0.3, 0.4) is 0 Å². The molecule has 6 heteroatoms. The number of thioether (sulfide) groups is 2. The number of carbonyl (C=O) groups is 2. The molecule has 3 rings (SSSR count). The molecule has 2 aromatic rings. The molecule has 178 valence electrons. The molecule has 0 aliphatic heterocycles. The molecular formula is C27H35NO3S2. The lowest BCUT2D eigenvalue weighted by Gasteiger charge is -2.41. The third kappa shape index (κ3) is 7.03. The maximum atomic E-state index is 13.3. The summed E-state index contributed by atoms with van der Waals surface area (Å²) in [5.74, 6) is 2.20. The lowest BCUT2D eigenvalue weighted by Crippen LogP contribution is -2.44. The maximum absolute atomic E-state index is 13.3. The fourth-order valence-corrected chi connectivity index (χ4v) is 6.23. The van der Waals surface area contributed by atoms with E-state index in [0.29, 0.717) is 6.42 Å². The van der Waals surface area contributed by atoms with E-state index in [1.54, 1.807) is 7.11 Å². The van der Waals surface area contributed by atoms with Gasteiger partial charge in [-0.2, -0.15) is 0 Å². The number of methoxy groups -OCH3 is 1. The summed E-state index contributed by atoms with van der Waals surface area (Å²) in [5.41, 5.74) is 2.15. The zero-order chi connectivity index (χ0) is 23.6. The van der Waals surface area contributed by atoms with E-state index in [1.165, 1.54) is 29.1 Å². The number of ether oxygens (including phenoxy) is 1. The van der Waals surface area contributed by atoms with Crippen LogP contribution < -0.4 is 10.1 Å². The topological polar surface area (TPSA) is 55.4 Å². The van der Waals surface area contributed by atoms with Crippen molar-refractivity contribution in [3.05, 3.63) is 60.2 Å². The lowest BCUT2D eigenvalue weighted by molar-refractivity contribution is -0.119. The molecule has 0 saturated heterocycles. The zero-order valence-electron chi connectivity index (χ0n) is 19.8. The Morgan fingerprint density at radius 3 is 2.06 bits per heavy atom. The van der Waals surface area contributed by atoms with E-state index >= 15 is 0 Å². The van der Waals surface area contributed by atoms with Crippen LogP contribution in [0.5, 0.6) is 5.75 Å². The van der Waals surface area contributed by atoms with Crippen molar-refractivity contribution in [2.24, 2.45) is 11.8 Å². The van der Waals surface area contributed by atoms with Crippen molar-refractivity contribution in [2.45, 2.75) is 51.5 Å². The number of hydrogen-bond acceptors (Lipinski definition) is 6. The van der Waals surface area contributed by atoms with Gasteiger partial charge in [0.15, 0.2) is 10.2 Å². The normalized spacial score (nSPS) is 22.5. The summed E-state index contributed by atoms with van der Waals surface area (Å²) in [6, 6.07) is 18.1. The minimum atomic E-state index is -0.195. The fourth-order valence-electron chi connectivity index (χ4n) is 4.47. The van der Waals surface area contributed by atoms with E-state index in [1.807, 2.05) is 42.5 Å². The van der Waals surface area contributed by atoms with Crippen LogP contribution in [-0.2, 0) is 9.59 Å². The van der Waals surface area contributed by atoms with Gasteiger partial charge in [-0.1, -0.05) is 67.7 Å². The monoisotopic (exact) mass is 485 g/mol. The standard InChI is InChI=1S/C27H35NO3S2/c1-4-15-32-26(29)23-17-24(27(30)33-16-5-2)25(18-22(23)19-9-7-6-8-10-19)28-20-11-13-21(31-3)14-12-20/h6-14,22-25,28H,4-5,15-18H2,1-3H3. The molecule has 1 aliphatic carbocycles. The number of rotatable bonds is 10. The first-order valence-electron chi connectivity index (χ1n) is 11.9. The third-order valence-corrected chi connectivity index (χ3v) is 8.56. The van der Waals surface area contributed by atoms with Gasteiger partial charge in [0.25, 0.3) is 0 Å². The summed E-state index contributed by atoms with van der Waals surface area (Å²) in [5, 5.41) is 4.06.